The average Bonchev–Trinajstić information content (AvgIpc) is 2.49. The zero-order valence-electron chi connectivity index (χ0n) is 11.8. The predicted octanol–water partition coefficient (Wildman–Crippen LogP) is 4.29. The van der Waals surface area contributed by atoms with Crippen LogP contribution in [0.5, 0.6) is 11.5 Å². The highest BCUT2D eigenvalue weighted by molar-refractivity contribution is 6.42. The van der Waals surface area contributed by atoms with E-state index >= 15 is 0 Å². The van der Waals surface area contributed by atoms with Crippen LogP contribution in [0.3, 0.4) is 0 Å². The van der Waals surface area contributed by atoms with Gasteiger partial charge in [0.2, 0.25) is 0 Å². The summed E-state index contributed by atoms with van der Waals surface area (Å²) in [5.74, 6) is 1.29. The minimum atomic E-state index is -0.669. The Balaban J connectivity index is 2.18. The number of aliphatic hydroxyl groups excluding tert-OH is 1. The first-order valence-corrected chi connectivity index (χ1v) is 7.14. The Morgan fingerprint density at radius 3 is 2.29 bits per heavy atom. The van der Waals surface area contributed by atoms with Crippen LogP contribution in [0.2, 0.25) is 10.0 Å². The number of hydrogen-bond donors (Lipinski definition) is 1. The van der Waals surface area contributed by atoms with Crippen LogP contribution in [0.25, 0.3) is 0 Å². The van der Waals surface area contributed by atoms with Crippen molar-refractivity contribution in [1.82, 2.24) is 0 Å². The highest BCUT2D eigenvalue weighted by atomic mass is 35.5. The summed E-state index contributed by atoms with van der Waals surface area (Å²) in [6, 6.07) is 10.7. The van der Waals surface area contributed by atoms with Gasteiger partial charge in [0.05, 0.1) is 30.4 Å². The molecule has 1 N–H and O–H groups in total. The van der Waals surface area contributed by atoms with E-state index in [1.165, 1.54) is 0 Å². The number of rotatable bonds is 5. The molecule has 1 unspecified atom stereocenters. The van der Waals surface area contributed by atoms with Crippen LogP contribution in [0.4, 0.5) is 0 Å². The SMILES string of the molecule is COc1ccc(CC(O)c2ccc(Cl)c(Cl)c2)cc1OC. The van der Waals surface area contributed by atoms with Gasteiger partial charge in [0.1, 0.15) is 0 Å². The summed E-state index contributed by atoms with van der Waals surface area (Å²) < 4.78 is 10.4. The summed E-state index contributed by atoms with van der Waals surface area (Å²) in [5, 5.41) is 11.2. The van der Waals surface area contributed by atoms with Crippen molar-refractivity contribution in [1.29, 1.82) is 0 Å². The summed E-state index contributed by atoms with van der Waals surface area (Å²) in [7, 11) is 3.17. The molecule has 2 aromatic carbocycles. The number of aliphatic hydroxyl groups is 1. The molecule has 0 amide bonds. The van der Waals surface area contributed by atoms with Gasteiger partial charge >= 0.3 is 0 Å². The first-order valence-electron chi connectivity index (χ1n) is 6.39. The fraction of sp³-hybridized carbons (Fsp3) is 0.250. The normalized spacial score (nSPS) is 12.0. The third kappa shape index (κ3) is 3.82. The molecule has 0 aliphatic heterocycles. The Kier molecular flexibility index (Phi) is 5.34. The van der Waals surface area contributed by atoms with Gasteiger partial charge in [-0.15, -0.1) is 0 Å². The van der Waals surface area contributed by atoms with Crippen LogP contribution in [0, 0.1) is 0 Å². The standard InChI is InChI=1S/C16H16Cl2O3/c1-20-15-6-3-10(8-16(15)21-2)7-14(19)11-4-5-12(17)13(18)9-11/h3-6,8-9,14,19H,7H2,1-2H3. The van der Waals surface area contributed by atoms with Gasteiger partial charge in [0.15, 0.2) is 11.5 Å². The quantitative estimate of drug-likeness (QED) is 0.890. The van der Waals surface area contributed by atoms with Crippen LogP contribution in [0.15, 0.2) is 36.4 Å². The molecule has 2 rings (SSSR count). The molecular weight excluding hydrogens is 311 g/mol. The summed E-state index contributed by atoms with van der Waals surface area (Å²) in [4.78, 5) is 0. The van der Waals surface area contributed by atoms with Crippen molar-refractivity contribution in [3.05, 3.63) is 57.6 Å². The van der Waals surface area contributed by atoms with Crippen molar-refractivity contribution in [2.45, 2.75) is 12.5 Å². The smallest absolute Gasteiger partial charge is 0.160 e. The second-order valence-electron chi connectivity index (χ2n) is 4.58. The largest absolute Gasteiger partial charge is 0.493 e. The van der Waals surface area contributed by atoms with Crippen molar-refractivity contribution < 1.29 is 14.6 Å². The van der Waals surface area contributed by atoms with Crippen molar-refractivity contribution in [3.8, 4) is 11.5 Å². The van der Waals surface area contributed by atoms with Gasteiger partial charge in [0.25, 0.3) is 0 Å². The predicted molar refractivity (Wildman–Crippen MR) is 84.7 cm³/mol. The molecule has 0 aliphatic carbocycles. The second-order valence-corrected chi connectivity index (χ2v) is 5.40. The topological polar surface area (TPSA) is 38.7 Å². The minimum Gasteiger partial charge on any atom is -0.493 e. The molecule has 0 aliphatic rings. The van der Waals surface area contributed by atoms with Crippen LogP contribution >= 0.6 is 23.2 Å². The molecule has 0 saturated heterocycles. The number of ether oxygens (including phenoxy) is 2. The van der Waals surface area contributed by atoms with E-state index in [9.17, 15) is 5.11 Å². The molecule has 3 nitrogen and oxygen atoms in total. The third-order valence-corrected chi connectivity index (χ3v) is 3.94. The van der Waals surface area contributed by atoms with Crippen molar-refractivity contribution in [2.24, 2.45) is 0 Å². The molecule has 112 valence electrons. The van der Waals surface area contributed by atoms with E-state index in [2.05, 4.69) is 0 Å². The Bertz CT molecular complexity index is 629. The number of halogens is 2. The van der Waals surface area contributed by atoms with Crippen LogP contribution in [0.1, 0.15) is 17.2 Å². The van der Waals surface area contributed by atoms with E-state index in [0.717, 1.165) is 11.1 Å². The van der Waals surface area contributed by atoms with Crippen LogP contribution in [-0.4, -0.2) is 19.3 Å². The first-order chi connectivity index (χ1) is 10.0. The van der Waals surface area contributed by atoms with Crippen molar-refractivity contribution >= 4 is 23.2 Å². The van der Waals surface area contributed by atoms with E-state index < -0.39 is 6.10 Å². The fourth-order valence-corrected chi connectivity index (χ4v) is 2.37. The fourth-order valence-electron chi connectivity index (χ4n) is 2.07. The van der Waals surface area contributed by atoms with Crippen LogP contribution in [-0.2, 0) is 6.42 Å². The second kappa shape index (κ2) is 7.03. The molecule has 0 spiro atoms. The molecule has 2 aromatic rings. The lowest BCUT2D eigenvalue weighted by molar-refractivity contribution is 0.178. The van der Waals surface area contributed by atoms with E-state index in [-0.39, 0.29) is 0 Å². The Labute approximate surface area is 134 Å². The van der Waals surface area contributed by atoms with Crippen molar-refractivity contribution in [2.75, 3.05) is 14.2 Å². The molecule has 21 heavy (non-hydrogen) atoms. The zero-order valence-corrected chi connectivity index (χ0v) is 13.3. The molecular formula is C16H16Cl2O3. The maximum absolute atomic E-state index is 10.3. The summed E-state index contributed by atoms with van der Waals surface area (Å²) in [6.07, 6.45) is -0.226. The highest BCUT2D eigenvalue weighted by Crippen LogP contribution is 2.31. The lowest BCUT2D eigenvalue weighted by Crippen LogP contribution is -2.02. The highest BCUT2D eigenvalue weighted by Gasteiger charge is 2.12. The van der Waals surface area contributed by atoms with Gasteiger partial charge in [-0.1, -0.05) is 35.3 Å². The Morgan fingerprint density at radius 2 is 1.67 bits per heavy atom. The Hall–Kier alpha value is -1.42. The number of benzene rings is 2. The number of methoxy groups -OCH3 is 2. The van der Waals surface area contributed by atoms with Crippen molar-refractivity contribution in [3.63, 3.8) is 0 Å². The first kappa shape index (κ1) is 16.0. The molecule has 5 heteroatoms. The van der Waals surface area contributed by atoms with Gasteiger partial charge in [0, 0.05) is 6.42 Å². The molecule has 0 saturated carbocycles. The van der Waals surface area contributed by atoms with Gasteiger partial charge in [-0.2, -0.15) is 0 Å². The summed E-state index contributed by atoms with van der Waals surface area (Å²) in [6.45, 7) is 0. The number of hydrogen-bond acceptors (Lipinski definition) is 3. The molecule has 0 fully saturated rings. The van der Waals surface area contributed by atoms with E-state index in [1.807, 2.05) is 18.2 Å². The maximum atomic E-state index is 10.3. The third-order valence-electron chi connectivity index (χ3n) is 3.21. The Morgan fingerprint density at radius 1 is 0.952 bits per heavy atom. The summed E-state index contributed by atoms with van der Waals surface area (Å²) >= 11 is 11.8. The monoisotopic (exact) mass is 326 g/mol. The minimum absolute atomic E-state index is 0.431. The molecule has 0 radical (unpaired) electrons. The van der Waals surface area contributed by atoms with Crippen LogP contribution < -0.4 is 9.47 Å². The zero-order chi connectivity index (χ0) is 15.4. The van der Waals surface area contributed by atoms with Gasteiger partial charge in [-0.25, -0.2) is 0 Å². The van der Waals surface area contributed by atoms with Gasteiger partial charge < -0.3 is 14.6 Å². The lowest BCUT2D eigenvalue weighted by Gasteiger charge is -2.14. The molecule has 0 aromatic heterocycles. The van der Waals surface area contributed by atoms with E-state index in [4.69, 9.17) is 32.7 Å². The van der Waals surface area contributed by atoms with Gasteiger partial charge in [-0.3, -0.25) is 0 Å². The molecule has 0 bridgehead atoms. The molecule has 1 atom stereocenters. The average molecular weight is 327 g/mol. The summed E-state index contributed by atoms with van der Waals surface area (Å²) in [5.41, 5.74) is 1.66. The maximum Gasteiger partial charge on any atom is 0.160 e. The molecule has 0 heterocycles. The van der Waals surface area contributed by atoms with E-state index in [1.54, 1.807) is 32.4 Å². The van der Waals surface area contributed by atoms with E-state index in [0.29, 0.717) is 28.0 Å². The van der Waals surface area contributed by atoms with Gasteiger partial charge in [-0.05, 0) is 35.4 Å². The lowest BCUT2D eigenvalue weighted by atomic mass is 10.0.